The van der Waals surface area contributed by atoms with Crippen LogP contribution in [0.15, 0.2) is 197 Å². The minimum Gasteiger partial charge on any atom is -0.456 e. The Morgan fingerprint density at radius 3 is 1.87 bits per heavy atom. The monoisotopic (exact) mass is 870 g/mol. The molecule has 10 aromatic carbocycles. The first-order chi connectivity index (χ1) is 29.7. The van der Waals surface area contributed by atoms with E-state index in [1.54, 1.807) is 0 Å². The molecule has 0 N–H and O–H groups in total. The Bertz CT molecular complexity index is 3440. The molecule has 0 atom stereocenters. The number of para-hydroxylation sites is 2. The van der Waals surface area contributed by atoms with Gasteiger partial charge in [-0.3, -0.25) is 0 Å². The van der Waals surface area contributed by atoms with Gasteiger partial charge in [-0.05, 0) is 138 Å². The molecule has 0 amide bonds. The van der Waals surface area contributed by atoms with Gasteiger partial charge in [-0.15, -0.1) is 0 Å². The number of hydrogen-bond acceptors (Lipinski definition) is 3. The zero-order valence-corrected chi connectivity index (χ0v) is 36.3. The van der Waals surface area contributed by atoms with Crippen molar-refractivity contribution in [3.05, 3.63) is 203 Å². The summed E-state index contributed by atoms with van der Waals surface area (Å²) in [6.07, 6.45) is 0. The summed E-state index contributed by atoms with van der Waals surface area (Å²) in [5.41, 5.74) is 11.1. The molecule has 0 aliphatic carbocycles. The molecule has 0 spiro atoms. The summed E-state index contributed by atoms with van der Waals surface area (Å²) in [4.78, 5) is 4.66. The van der Waals surface area contributed by atoms with Crippen molar-refractivity contribution in [1.29, 1.82) is 0 Å². The molecule has 3 nitrogen and oxygen atoms in total. The van der Waals surface area contributed by atoms with Crippen molar-refractivity contribution < 1.29 is 4.42 Å². The van der Waals surface area contributed by atoms with E-state index in [2.05, 4.69) is 216 Å². The topological polar surface area (TPSA) is 19.6 Å². The van der Waals surface area contributed by atoms with Gasteiger partial charge in [0.2, 0.25) is 0 Å². The highest BCUT2D eigenvalue weighted by molar-refractivity contribution is 9.10. The molecule has 1 aromatic heterocycles. The highest BCUT2D eigenvalue weighted by atomic mass is 79.9. The number of furan rings is 1. The van der Waals surface area contributed by atoms with Gasteiger partial charge in [-0.1, -0.05) is 148 Å². The van der Waals surface area contributed by atoms with Crippen LogP contribution in [0.4, 0.5) is 34.1 Å². The largest absolute Gasteiger partial charge is 0.456 e. The quantitative estimate of drug-likeness (QED) is 0.149. The minimum atomic E-state index is -0.0936. The van der Waals surface area contributed by atoms with Gasteiger partial charge in [0.15, 0.2) is 0 Å². The van der Waals surface area contributed by atoms with E-state index in [0.717, 1.165) is 66.1 Å². The fourth-order valence-corrected chi connectivity index (χ4v) is 9.74. The zero-order valence-electron chi connectivity index (χ0n) is 34.0. The smallest absolute Gasteiger partial charge is 0.137 e. The second-order valence-corrected chi connectivity index (χ2v) is 18.0. The van der Waals surface area contributed by atoms with Gasteiger partial charge in [0.1, 0.15) is 11.2 Å². The van der Waals surface area contributed by atoms with Crippen molar-refractivity contribution in [3.8, 4) is 11.1 Å². The third-order valence-electron chi connectivity index (χ3n) is 12.1. The van der Waals surface area contributed by atoms with Gasteiger partial charge in [-0.25, -0.2) is 0 Å². The second kappa shape index (κ2) is 14.6. The lowest BCUT2D eigenvalue weighted by Crippen LogP contribution is -2.16. The molecule has 5 heteroatoms. The molecule has 294 valence electrons. The van der Waals surface area contributed by atoms with Crippen LogP contribution in [0, 0.1) is 0 Å². The van der Waals surface area contributed by atoms with E-state index in [9.17, 15) is 0 Å². The summed E-state index contributed by atoms with van der Waals surface area (Å²) in [7, 11) is 0. The number of rotatable bonds is 7. The average molecular weight is 872 g/mol. The van der Waals surface area contributed by atoms with Crippen molar-refractivity contribution in [2.75, 3.05) is 9.80 Å². The average Bonchev–Trinajstić information content (AvgIpc) is 3.67. The van der Waals surface area contributed by atoms with Crippen LogP contribution in [0.5, 0.6) is 0 Å². The van der Waals surface area contributed by atoms with Crippen LogP contribution in [0.1, 0.15) is 26.3 Å². The minimum absolute atomic E-state index is 0.0936. The van der Waals surface area contributed by atoms with Crippen LogP contribution in [-0.2, 0) is 5.41 Å². The van der Waals surface area contributed by atoms with Crippen LogP contribution < -0.4 is 9.80 Å². The van der Waals surface area contributed by atoms with Gasteiger partial charge in [0.25, 0.3) is 0 Å². The Kier molecular flexibility index (Phi) is 8.92. The predicted molar refractivity (Wildman–Crippen MR) is 264 cm³/mol. The van der Waals surface area contributed by atoms with Crippen LogP contribution in [0.2, 0.25) is 5.02 Å². The molecule has 0 bridgehead atoms. The van der Waals surface area contributed by atoms with Crippen LogP contribution in [-0.4, -0.2) is 0 Å². The van der Waals surface area contributed by atoms with E-state index in [4.69, 9.17) is 16.0 Å². The lowest BCUT2D eigenvalue weighted by molar-refractivity contribution is 0.590. The first-order valence-electron chi connectivity index (χ1n) is 20.6. The Balaban J connectivity index is 1.18. The van der Waals surface area contributed by atoms with E-state index >= 15 is 0 Å². The summed E-state index contributed by atoms with van der Waals surface area (Å²) < 4.78 is 7.25. The number of fused-ring (bicyclic) bond motifs is 3. The van der Waals surface area contributed by atoms with Crippen molar-refractivity contribution in [1.82, 2.24) is 0 Å². The summed E-state index contributed by atoms with van der Waals surface area (Å²) in [6.45, 7) is 6.85. The van der Waals surface area contributed by atoms with Crippen molar-refractivity contribution >= 4 is 116 Å². The molecule has 0 aliphatic heterocycles. The lowest BCUT2D eigenvalue weighted by Gasteiger charge is -2.32. The third kappa shape index (κ3) is 6.24. The molecule has 0 fully saturated rings. The number of anilines is 6. The van der Waals surface area contributed by atoms with E-state index < -0.39 is 0 Å². The first-order valence-corrected chi connectivity index (χ1v) is 21.8. The Morgan fingerprint density at radius 2 is 1.07 bits per heavy atom. The normalized spacial score (nSPS) is 12.0. The molecule has 1 heterocycles. The van der Waals surface area contributed by atoms with E-state index in [0.29, 0.717) is 5.02 Å². The van der Waals surface area contributed by atoms with Gasteiger partial charge < -0.3 is 14.2 Å². The van der Waals surface area contributed by atoms with Gasteiger partial charge in [0, 0.05) is 32.5 Å². The van der Waals surface area contributed by atoms with E-state index in [-0.39, 0.29) is 5.41 Å². The molecule has 0 unspecified atom stereocenters. The number of hydrogen-bond donors (Lipinski definition) is 0. The molecular formula is C56H40BrClN2O. The maximum Gasteiger partial charge on any atom is 0.137 e. The summed E-state index contributed by atoms with van der Waals surface area (Å²) in [5.74, 6) is 0. The van der Waals surface area contributed by atoms with E-state index in [1.165, 1.54) is 43.4 Å². The molecule has 0 saturated heterocycles. The van der Waals surface area contributed by atoms with Crippen LogP contribution in [0.3, 0.4) is 0 Å². The molecule has 0 radical (unpaired) electrons. The molecule has 0 saturated carbocycles. The standard InChI is InChI=1S/C56H40BrClN2O/c1-56(2,3)38-29-32-47(45(33-38)42-30-27-37-26-25-35-13-9-14-36-28-31-43(42)53(37)52(35)36)60(49-22-11-20-46(57)55(49)58)41-18-10-17-40(34-41)59(39-15-5-4-6-16-39)48-21-12-24-51-54(48)44-19-7-8-23-50(44)61-51/h4-34H,1-3H3. The molecule has 11 aromatic rings. The number of nitrogens with zero attached hydrogens (tertiary/aromatic N) is 2. The summed E-state index contributed by atoms with van der Waals surface area (Å²) in [5, 5.41) is 10.3. The first kappa shape index (κ1) is 37.4. The SMILES string of the molecule is CC(C)(C)c1ccc(N(c2cccc(N(c3ccccc3)c3cccc4oc5ccccc5c34)c2)c2cccc(Br)c2Cl)c(-c2ccc3ccc4cccc5ccc2c3c45)c1. The van der Waals surface area contributed by atoms with Crippen molar-refractivity contribution in [2.24, 2.45) is 0 Å². The third-order valence-corrected chi connectivity index (χ3v) is 13.4. The number of benzene rings is 10. The highest BCUT2D eigenvalue weighted by Crippen LogP contribution is 2.50. The zero-order chi connectivity index (χ0) is 41.4. The Labute approximate surface area is 368 Å². The second-order valence-electron chi connectivity index (χ2n) is 16.8. The van der Waals surface area contributed by atoms with Crippen LogP contribution in [0.25, 0.3) is 65.4 Å². The molecule has 61 heavy (non-hydrogen) atoms. The fourth-order valence-electron chi connectivity index (χ4n) is 9.17. The Hall–Kier alpha value is -6.59. The maximum atomic E-state index is 7.38. The lowest BCUT2D eigenvalue weighted by atomic mass is 9.83. The van der Waals surface area contributed by atoms with Crippen molar-refractivity contribution in [2.45, 2.75) is 26.2 Å². The van der Waals surface area contributed by atoms with Crippen LogP contribution >= 0.6 is 27.5 Å². The predicted octanol–water partition coefficient (Wildman–Crippen LogP) is 17.8. The van der Waals surface area contributed by atoms with E-state index in [1.807, 2.05) is 18.2 Å². The number of halogens is 2. The fraction of sp³-hybridized carbons (Fsp3) is 0.0714. The van der Waals surface area contributed by atoms with Gasteiger partial charge >= 0.3 is 0 Å². The van der Waals surface area contributed by atoms with Gasteiger partial charge in [0.05, 0.1) is 27.5 Å². The summed E-state index contributed by atoms with van der Waals surface area (Å²) >= 11 is 11.2. The maximum absolute atomic E-state index is 7.38. The van der Waals surface area contributed by atoms with Crippen molar-refractivity contribution in [3.63, 3.8) is 0 Å². The highest BCUT2D eigenvalue weighted by Gasteiger charge is 2.26. The molecule has 0 aliphatic rings. The summed E-state index contributed by atoms with van der Waals surface area (Å²) in [6, 6.07) is 67.3. The van der Waals surface area contributed by atoms with Gasteiger partial charge in [-0.2, -0.15) is 0 Å². The molecular weight excluding hydrogens is 832 g/mol. The Morgan fingerprint density at radius 1 is 0.443 bits per heavy atom. The molecule has 11 rings (SSSR count).